The molecule has 2 rings (SSSR count). The van der Waals surface area contributed by atoms with Crippen LogP contribution in [0.4, 0.5) is 0 Å². The number of benzene rings is 2. The van der Waals surface area contributed by atoms with Crippen LogP contribution < -0.4 is 20.7 Å². The van der Waals surface area contributed by atoms with Gasteiger partial charge >= 0.3 is 0 Å². The van der Waals surface area contributed by atoms with Crippen LogP contribution in [0.3, 0.4) is 0 Å². The van der Waals surface area contributed by atoms with E-state index in [0.29, 0.717) is 31.2 Å². The van der Waals surface area contributed by atoms with Crippen LogP contribution in [0.5, 0.6) is 5.75 Å². The van der Waals surface area contributed by atoms with E-state index in [1.165, 1.54) is 5.56 Å². The number of nitrogens with one attached hydrogen (secondary N) is 3. The normalized spacial score (nSPS) is 12.2. The maximum Gasteiger partial charge on any atom is 0.251 e. The fourth-order valence-corrected chi connectivity index (χ4v) is 2.69. The van der Waals surface area contributed by atoms with Gasteiger partial charge in [-0.25, -0.2) is 0 Å². The standard InChI is InChI=1S/C22H30N4O2/c1-5-24-21(27)19-10-7-9-18(13-19)15-26-22(23-4)25-14-17(3)28-20-11-6-8-16(2)12-20/h6-13,17H,5,14-15H2,1-4H3,(H,24,27)(H2,23,25,26). The van der Waals surface area contributed by atoms with E-state index >= 15 is 0 Å². The van der Waals surface area contributed by atoms with Crippen molar-refractivity contribution in [1.29, 1.82) is 0 Å². The third-order valence-corrected chi connectivity index (χ3v) is 4.09. The van der Waals surface area contributed by atoms with E-state index in [4.69, 9.17) is 4.74 Å². The highest BCUT2D eigenvalue weighted by molar-refractivity contribution is 5.94. The number of guanidine groups is 1. The van der Waals surface area contributed by atoms with Crippen LogP contribution in [0, 0.1) is 6.92 Å². The lowest BCUT2D eigenvalue weighted by molar-refractivity contribution is 0.0955. The number of carbonyl (C=O) groups excluding carboxylic acids is 1. The smallest absolute Gasteiger partial charge is 0.251 e. The van der Waals surface area contributed by atoms with Crippen LogP contribution in [-0.2, 0) is 6.54 Å². The van der Waals surface area contributed by atoms with E-state index in [9.17, 15) is 4.79 Å². The molecule has 0 heterocycles. The topological polar surface area (TPSA) is 74.8 Å². The first-order valence-electron chi connectivity index (χ1n) is 9.56. The third kappa shape index (κ3) is 6.95. The van der Waals surface area contributed by atoms with Gasteiger partial charge in [0.05, 0.1) is 6.54 Å². The number of aryl methyl sites for hydroxylation is 1. The summed E-state index contributed by atoms with van der Waals surface area (Å²) in [6.45, 7) is 7.76. The molecule has 1 atom stereocenters. The van der Waals surface area contributed by atoms with E-state index in [2.05, 4.69) is 20.9 Å². The van der Waals surface area contributed by atoms with Crippen molar-refractivity contribution >= 4 is 11.9 Å². The molecule has 150 valence electrons. The van der Waals surface area contributed by atoms with Crippen molar-refractivity contribution in [2.75, 3.05) is 20.1 Å². The summed E-state index contributed by atoms with van der Waals surface area (Å²) in [6, 6.07) is 15.6. The maximum absolute atomic E-state index is 12.0. The van der Waals surface area contributed by atoms with Crippen LogP contribution in [0.15, 0.2) is 53.5 Å². The first kappa shape index (κ1) is 21.3. The summed E-state index contributed by atoms with van der Waals surface area (Å²) < 4.78 is 5.93. The summed E-state index contributed by atoms with van der Waals surface area (Å²) in [5.41, 5.74) is 2.84. The molecule has 2 aromatic rings. The van der Waals surface area contributed by atoms with Crippen LogP contribution in [0.1, 0.15) is 35.3 Å². The Balaban J connectivity index is 1.83. The lowest BCUT2D eigenvalue weighted by Crippen LogP contribution is -2.41. The van der Waals surface area contributed by atoms with Gasteiger partial charge in [-0.2, -0.15) is 0 Å². The predicted molar refractivity (Wildman–Crippen MR) is 114 cm³/mol. The van der Waals surface area contributed by atoms with Gasteiger partial charge in [0.1, 0.15) is 11.9 Å². The van der Waals surface area contributed by atoms with Gasteiger partial charge < -0.3 is 20.7 Å². The van der Waals surface area contributed by atoms with E-state index in [1.807, 2.05) is 69.3 Å². The van der Waals surface area contributed by atoms with Gasteiger partial charge in [0, 0.05) is 25.7 Å². The van der Waals surface area contributed by atoms with Crippen molar-refractivity contribution in [2.24, 2.45) is 4.99 Å². The molecule has 0 fully saturated rings. The van der Waals surface area contributed by atoms with Crippen molar-refractivity contribution < 1.29 is 9.53 Å². The summed E-state index contributed by atoms with van der Waals surface area (Å²) in [6.07, 6.45) is -0.0126. The van der Waals surface area contributed by atoms with Gasteiger partial charge in [0.2, 0.25) is 0 Å². The Morgan fingerprint density at radius 3 is 2.61 bits per heavy atom. The number of hydrogen-bond acceptors (Lipinski definition) is 3. The summed E-state index contributed by atoms with van der Waals surface area (Å²) in [4.78, 5) is 16.2. The highest BCUT2D eigenvalue weighted by Gasteiger charge is 2.07. The molecular formula is C22H30N4O2. The Bertz CT molecular complexity index is 805. The zero-order chi connectivity index (χ0) is 20.4. The van der Waals surface area contributed by atoms with Gasteiger partial charge in [-0.3, -0.25) is 9.79 Å². The number of carbonyl (C=O) groups is 1. The first-order valence-corrected chi connectivity index (χ1v) is 9.56. The predicted octanol–water partition coefficient (Wildman–Crippen LogP) is 2.88. The molecule has 0 aliphatic heterocycles. The molecule has 6 nitrogen and oxygen atoms in total. The Hall–Kier alpha value is -3.02. The van der Waals surface area contributed by atoms with Crippen LogP contribution in [0.25, 0.3) is 0 Å². The third-order valence-electron chi connectivity index (χ3n) is 4.09. The molecule has 0 radical (unpaired) electrons. The quantitative estimate of drug-likeness (QED) is 0.485. The number of rotatable bonds is 8. The van der Waals surface area contributed by atoms with E-state index < -0.39 is 0 Å². The second-order valence-electron chi connectivity index (χ2n) is 6.61. The summed E-state index contributed by atoms with van der Waals surface area (Å²) >= 11 is 0. The average molecular weight is 383 g/mol. The summed E-state index contributed by atoms with van der Waals surface area (Å²) in [5, 5.41) is 9.34. The molecule has 28 heavy (non-hydrogen) atoms. The highest BCUT2D eigenvalue weighted by Crippen LogP contribution is 2.13. The Morgan fingerprint density at radius 2 is 1.89 bits per heavy atom. The van der Waals surface area contributed by atoms with Gasteiger partial charge in [0.15, 0.2) is 5.96 Å². The van der Waals surface area contributed by atoms with Crippen molar-refractivity contribution in [3.05, 3.63) is 65.2 Å². The Labute approximate surface area is 167 Å². The number of amides is 1. The minimum absolute atomic E-state index is 0.0126. The van der Waals surface area contributed by atoms with Crippen LogP contribution in [-0.4, -0.2) is 38.1 Å². The van der Waals surface area contributed by atoms with Crippen molar-refractivity contribution in [1.82, 2.24) is 16.0 Å². The molecular weight excluding hydrogens is 352 g/mol. The molecule has 0 saturated heterocycles. The second-order valence-corrected chi connectivity index (χ2v) is 6.61. The number of hydrogen-bond donors (Lipinski definition) is 3. The van der Waals surface area contributed by atoms with Crippen molar-refractivity contribution in [3.63, 3.8) is 0 Å². The molecule has 0 spiro atoms. The molecule has 1 amide bonds. The molecule has 3 N–H and O–H groups in total. The maximum atomic E-state index is 12.0. The van der Waals surface area contributed by atoms with Crippen molar-refractivity contribution in [2.45, 2.75) is 33.4 Å². The number of aliphatic imine (C=N–C) groups is 1. The lowest BCUT2D eigenvalue weighted by atomic mass is 10.1. The first-order chi connectivity index (χ1) is 13.5. The summed E-state index contributed by atoms with van der Waals surface area (Å²) in [7, 11) is 1.73. The minimum Gasteiger partial charge on any atom is -0.489 e. The second kappa shape index (κ2) is 11.0. The fraction of sp³-hybridized carbons (Fsp3) is 0.364. The highest BCUT2D eigenvalue weighted by atomic mass is 16.5. The van der Waals surface area contributed by atoms with E-state index in [1.54, 1.807) is 7.05 Å². The van der Waals surface area contributed by atoms with Gasteiger partial charge in [-0.1, -0.05) is 24.3 Å². The molecule has 0 aliphatic carbocycles. The zero-order valence-corrected chi connectivity index (χ0v) is 17.1. The summed E-state index contributed by atoms with van der Waals surface area (Å²) in [5.74, 6) is 1.48. The van der Waals surface area contributed by atoms with Gasteiger partial charge in [-0.05, 0) is 56.2 Å². The van der Waals surface area contributed by atoms with Crippen molar-refractivity contribution in [3.8, 4) is 5.75 Å². The van der Waals surface area contributed by atoms with Gasteiger partial charge in [0.25, 0.3) is 5.91 Å². The average Bonchev–Trinajstić information content (AvgIpc) is 2.68. The molecule has 0 aliphatic rings. The number of nitrogens with zero attached hydrogens (tertiary/aromatic N) is 1. The fourth-order valence-electron chi connectivity index (χ4n) is 2.69. The molecule has 1 unspecified atom stereocenters. The largest absolute Gasteiger partial charge is 0.489 e. The minimum atomic E-state index is -0.0611. The monoisotopic (exact) mass is 382 g/mol. The SMILES string of the molecule is CCNC(=O)c1cccc(CNC(=NC)NCC(C)Oc2cccc(C)c2)c1. The molecule has 6 heteroatoms. The molecule has 0 bridgehead atoms. The Kier molecular flexibility index (Phi) is 8.34. The Morgan fingerprint density at radius 1 is 1.11 bits per heavy atom. The van der Waals surface area contributed by atoms with Crippen LogP contribution >= 0.6 is 0 Å². The zero-order valence-electron chi connectivity index (χ0n) is 17.1. The van der Waals surface area contributed by atoms with E-state index in [0.717, 1.165) is 11.3 Å². The van der Waals surface area contributed by atoms with E-state index in [-0.39, 0.29) is 12.0 Å². The molecule has 0 aromatic heterocycles. The molecule has 2 aromatic carbocycles. The van der Waals surface area contributed by atoms with Crippen LogP contribution in [0.2, 0.25) is 0 Å². The number of ether oxygens (including phenoxy) is 1. The lowest BCUT2D eigenvalue weighted by Gasteiger charge is -2.18. The van der Waals surface area contributed by atoms with Gasteiger partial charge in [-0.15, -0.1) is 0 Å². The molecule has 0 saturated carbocycles.